The van der Waals surface area contributed by atoms with Crippen LogP contribution in [0.4, 0.5) is 0 Å². The molecule has 196 valence electrons. The molecule has 0 saturated carbocycles. The van der Waals surface area contributed by atoms with Crippen molar-refractivity contribution in [2.45, 2.75) is 13.1 Å². The van der Waals surface area contributed by atoms with Gasteiger partial charge < -0.3 is 20.2 Å². The van der Waals surface area contributed by atoms with E-state index in [1.165, 1.54) is 0 Å². The standard InChI is InChI=1S/C23H37N4O7P/c1-19-2-4-20(5-3-19)17-35(34)18-27-12-10-25(15-22(30)31)8-6-24(14-21(28)29)7-9-26(11-13-27)16-23(32)33/h2-5,34H,6-18H2,1H3,(H,28,29)(H,30,31)(H,32,33). The first kappa shape index (κ1) is 29.1. The number of benzene rings is 1. The second kappa shape index (κ2) is 15.1. The molecule has 0 spiro atoms. The lowest BCUT2D eigenvalue weighted by Gasteiger charge is -2.33. The zero-order valence-electron chi connectivity index (χ0n) is 20.3. The van der Waals surface area contributed by atoms with Crippen LogP contribution < -0.4 is 0 Å². The average molecular weight is 513 g/mol. The van der Waals surface area contributed by atoms with Crippen LogP contribution in [-0.2, 0) is 20.5 Å². The van der Waals surface area contributed by atoms with Gasteiger partial charge in [-0.1, -0.05) is 29.8 Å². The summed E-state index contributed by atoms with van der Waals surface area (Å²) in [6.45, 7) is 4.90. The quantitative estimate of drug-likeness (QED) is 0.322. The maximum Gasteiger partial charge on any atom is 0.317 e. The Labute approximate surface area is 207 Å². The molecule has 4 N–H and O–H groups in total. The van der Waals surface area contributed by atoms with Gasteiger partial charge in [-0.05, 0) is 12.5 Å². The number of hydrogen-bond donors (Lipinski definition) is 4. The third-order valence-corrected chi connectivity index (χ3v) is 7.31. The fourth-order valence-corrected chi connectivity index (χ4v) is 5.43. The molecule has 0 aliphatic carbocycles. The first-order valence-electron chi connectivity index (χ1n) is 11.6. The minimum atomic E-state index is -1.33. The molecular formula is C23H37N4O7P. The second-order valence-corrected chi connectivity index (χ2v) is 10.5. The Morgan fingerprint density at radius 3 is 1.37 bits per heavy atom. The van der Waals surface area contributed by atoms with Gasteiger partial charge in [-0.2, -0.15) is 0 Å². The summed E-state index contributed by atoms with van der Waals surface area (Å²) < 4.78 is 0. The second-order valence-electron chi connectivity index (χ2n) is 8.92. The van der Waals surface area contributed by atoms with Crippen LogP contribution >= 0.6 is 8.15 Å². The Hall–Kier alpha value is -2.14. The molecular weight excluding hydrogens is 475 g/mol. The lowest BCUT2D eigenvalue weighted by Crippen LogP contribution is -2.48. The number of rotatable bonds is 10. The van der Waals surface area contributed by atoms with Gasteiger partial charge in [0.2, 0.25) is 0 Å². The molecule has 0 radical (unpaired) electrons. The van der Waals surface area contributed by atoms with Gasteiger partial charge in [-0.3, -0.25) is 34.0 Å². The summed E-state index contributed by atoms with van der Waals surface area (Å²) in [4.78, 5) is 52.1. The summed E-state index contributed by atoms with van der Waals surface area (Å²) in [5.74, 6) is -2.89. The minimum absolute atomic E-state index is 0.156. The molecule has 35 heavy (non-hydrogen) atoms. The number of carboxylic acid groups (broad SMARTS) is 3. The van der Waals surface area contributed by atoms with Crippen molar-refractivity contribution in [3.05, 3.63) is 35.4 Å². The van der Waals surface area contributed by atoms with Crippen LogP contribution in [0, 0.1) is 6.92 Å². The van der Waals surface area contributed by atoms with Gasteiger partial charge in [-0.15, -0.1) is 0 Å². The third-order valence-electron chi connectivity index (χ3n) is 5.86. The molecule has 0 amide bonds. The van der Waals surface area contributed by atoms with Crippen LogP contribution in [0.2, 0.25) is 0 Å². The molecule has 1 fully saturated rings. The maximum atomic E-state index is 11.4. The van der Waals surface area contributed by atoms with Crippen LogP contribution in [0.25, 0.3) is 0 Å². The van der Waals surface area contributed by atoms with Crippen molar-refractivity contribution in [2.24, 2.45) is 0 Å². The molecule has 1 heterocycles. The van der Waals surface area contributed by atoms with Gasteiger partial charge in [0.25, 0.3) is 0 Å². The van der Waals surface area contributed by atoms with E-state index in [-0.39, 0.29) is 19.6 Å². The first-order chi connectivity index (χ1) is 16.6. The van der Waals surface area contributed by atoms with E-state index in [0.717, 1.165) is 11.1 Å². The molecule has 1 aromatic rings. The highest BCUT2D eigenvalue weighted by atomic mass is 31.1. The molecule has 0 aromatic heterocycles. The smallest absolute Gasteiger partial charge is 0.317 e. The number of nitrogens with zero attached hydrogens (tertiary/aromatic N) is 4. The van der Waals surface area contributed by atoms with Crippen LogP contribution in [0.1, 0.15) is 11.1 Å². The van der Waals surface area contributed by atoms with E-state index in [1.807, 2.05) is 31.2 Å². The Bertz CT molecular complexity index is 795. The van der Waals surface area contributed by atoms with Crippen LogP contribution in [0.3, 0.4) is 0 Å². The van der Waals surface area contributed by atoms with E-state index in [2.05, 4.69) is 4.90 Å². The van der Waals surface area contributed by atoms with Crippen molar-refractivity contribution >= 4 is 26.1 Å². The largest absolute Gasteiger partial charge is 0.480 e. The highest BCUT2D eigenvalue weighted by Gasteiger charge is 2.21. The zero-order valence-corrected chi connectivity index (χ0v) is 21.1. The molecule has 2 rings (SSSR count). The van der Waals surface area contributed by atoms with Crippen molar-refractivity contribution in [3.63, 3.8) is 0 Å². The number of aryl methyl sites for hydroxylation is 1. The maximum absolute atomic E-state index is 11.4. The molecule has 1 aromatic carbocycles. The predicted octanol–water partition coefficient (Wildman–Crippen LogP) is 0.317. The van der Waals surface area contributed by atoms with Crippen molar-refractivity contribution < 1.29 is 34.6 Å². The average Bonchev–Trinajstić information content (AvgIpc) is 2.76. The lowest BCUT2D eigenvalue weighted by molar-refractivity contribution is -0.140. The van der Waals surface area contributed by atoms with Crippen LogP contribution in [0.5, 0.6) is 0 Å². The molecule has 1 atom stereocenters. The van der Waals surface area contributed by atoms with E-state index in [9.17, 15) is 34.6 Å². The van der Waals surface area contributed by atoms with Gasteiger partial charge in [-0.25, -0.2) is 0 Å². The monoisotopic (exact) mass is 512 g/mol. The Morgan fingerprint density at radius 2 is 1.03 bits per heavy atom. The molecule has 11 nitrogen and oxygen atoms in total. The van der Waals surface area contributed by atoms with Gasteiger partial charge in [0.15, 0.2) is 0 Å². The molecule has 12 heteroatoms. The fraction of sp³-hybridized carbons (Fsp3) is 0.609. The van der Waals surface area contributed by atoms with E-state index in [1.54, 1.807) is 14.7 Å². The molecule has 1 aliphatic heterocycles. The van der Waals surface area contributed by atoms with Crippen molar-refractivity contribution in [1.29, 1.82) is 0 Å². The first-order valence-corrected chi connectivity index (χ1v) is 13.3. The predicted molar refractivity (Wildman–Crippen MR) is 133 cm³/mol. The number of carboxylic acids is 3. The van der Waals surface area contributed by atoms with E-state index >= 15 is 0 Å². The summed E-state index contributed by atoms with van der Waals surface area (Å²) in [6, 6.07) is 8.03. The molecule has 0 bridgehead atoms. The summed E-state index contributed by atoms with van der Waals surface area (Å²) >= 11 is 0. The Balaban J connectivity index is 2.10. The lowest BCUT2D eigenvalue weighted by atomic mass is 10.2. The number of aliphatic carboxylic acids is 3. The Kier molecular flexibility index (Phi) is 12.5. The normalized spacial score (nSPS) is 18.9. The summed E-state index contributed by atoms with van der Waals surface area (Å²) in [5.41, 5.74) is 2.20. The Morgan fingerprint density at radius 1 is 0.686 bits per heavy atom. The number of carbonyl (C=O) groups is 3. The SMILES string of the molecule is Cc1ccc(CP(O)CN2CCN(CC(=O)O)CCN(CC(=O)O)CCN(CC(=O)O)CC2)cc1. The van der Waals surface area contributed by atoms with Gasteiger partial charge in [0.05, 0.1) is 19.6 Å². The molecule has 1 aliphatic rings. The number of hydrogen-bond acceptors (Lipinski definition) is 8. The van der Waals surface area contributed by atoms with Crippen LogP contribution in [0.15, 0.2) is 24.3 Å². The van der Waals surface area contributed by atoms with Crippen LogP contribution in [-0.4, -0.2) is 136 Å². The third kappa shape index (κ3) is 12.4. The van der Waals surface area contributed by atoms with E-state index < -0.39 is 26.1 Å². The van der Waals surface area contributed by atoms with Gasteiger partial charge in [0, 0.05) is 73.0 Å². The van der Waals surface area contributed by atoms with Gasteiger partial charge >= 0.3 is 17.9 Å². The van der Waals surface area contributed by atoms with Crippen molar-refractivity contribution in [1.82, 2.24) is 19.6 Å². The summed E-state index contributed by atoms with van der Waals surface area (Å²) in [6.07, 6.45) is 0.990. The fourth-order valence-electron chi connectivity index (χ4n) is 3.95. The minimum Gasteiger partial charge on any atom is -0.480 e. The van der Waals surface area contributed by atoms with Gasteiger partial charge in [0.1, 0.15) is 0 Å². The highest BCUT2D eigenvalue weighted by molar-refractivity contribution is 7.50. The topological polar surface area (TPSA) is 145 Å². The zero-order chi connectivity index (χ0) is 25.8. The molecule has 1 unspecified atom stereocenters. The summed E-state index contributed by atoms with van der Waals surface area (Å²) in [7, 11) is -1.33. The molecule has 1 saturated heterocycles. The van der Waals surface area contributed by atoms with E-state index in [4.69, 9.17) is 0 Å². The summed E-state index contributed by atoms with van der Waals surface area (Å²) in [5, 5.41) is 27.9. The van der Waals surface area contributed by atoms with E-state index in [0.29, 0.717) is 64.8 Å². The van der Waals surface area contributed by atoms with Crippen molar-refractivity contribution in [2.75, 3.05) is 78.3 Å². The highest BCUT2D eigenvalue weighted by Crippen LogP contribution is 2.35. The van der Waals surface area contributed by atoms with Crippen molar-refractivity contribution in [3.8, 4) is 0 Å².